The van der Waals surface area contributed by atoms with E-state index < -0.39 is 127 Å². The topological polar surface area (TPSA) is 38.3 Å². The average Bonchev–Trinajstić information content (AvgIpc) is 2.92. The lowest BCUT2D eigenvalue weighted by molar-refractivity contribution is -0.414. The van der Waals surface area contributed by atoms with Crippen molar-refractivity contribution in [3.05, 3.63) is 0 Å². The third-order valence-electron chi connectivity index (χ3n) is 8.00. The summed E-state index contributed by atoms with van der Waals surface area (Å²) in [7, 11) is 0. The van der Waals surface area contributed by atoms with Gasteiger partial charge < -0.3 is 10.1 Å². The van der Waals surface area contributed by atoms with Crippen LogP contribution in [0.5, 0.6) is 0 Å². The molecule has 0 saturated heterocycles. The third kappa shape index (κ3) is 7.87. The van der Waals surface area contributed by atoms with E-state index in [-0.39, 0.29) is 6.42 Å². The van der Waals surface area contributed by atoms with Crippen molar-refractivity contribution in [1.29, 1.82) is 0 Å². The van der Waals surface area contributed by atoms with Crippen LogP contribution in [-0.4, -0.2) is 91.3 Å². The lowest BCUT2D eigenvalue weighted by atomic mass is 9.59. The van der Waals surface area contributed by atoms with E-state index in [4.69, 9.17) is 0 Å². The van der Waals surface area contributed by atoms with Gasteiger partial charge in [-0.05, 0) is 36.0 Å². The predicted molar refractivity (Wildman–Crippen MR) is 125 cm³/mol. The zero-order valence-electron chi connectivity index (χ0n) is 25.9. The summed E-state index contributed by atoms with van der Waals surface area (Å²) in [6, 6.07) is 0. The van der Waals surface area contributed by atoms with Gasteiger partial charge in [0.2, 0.25) is 0 Å². The molecule has 1 N–H and O–H groups in total. The van der Waals surface area contributed by atoms with Crippen LogP contribution in [0.15, 0.2) is 0 Å². The highest BCUT2D eigenvalue weighted by atomic mass is 19.4. The molecule has 1 rings (SSSR count). The number of amides is 1. The van der Waals surface area contributed by atoms with Crippen LogP contribution in [0.1, 0.15) is 46.5 Å². The Bertz CT molecular complexity index is 1260. The van der Waals surface area contributed by atoms with E-state index in [1.807, 2.05) is 0 Å². The highest BCUT2D eigenvalue weighted by Crippen LogP contribution is 2.61. The Balaban J connectivity index is 3.19. The van der Waals surface area contributed by atoms with E-state index in [0.717, 1.165) is 20.8 Å². The number of hydrogen-bond acceptors (Lipinski definition) is 2. The zero-order chi connectivity index (χ0) is 42.0. The summed E-state index contributed by atoms with van der Waals surface area (Å²) in [6.07, 6.45) is -18.5. The maximum absolute atomic E-state index is 14.6. The van der Waals surface area contributed by atoms with Gasteiger partial charge in [0, 0.05) is 13.0 Å². The van der Waals surface area contributed by atoms with Crippen LogP contribution in [0, 0.1) is 16.7 Å². The summed E-state index contributed by atoms with van der Waals surface area (Å²) < 4.78 is 326. The summed E-state index contributed by atoms with van der Waals surface area (Å²) in [5.41, 5.74) is -3.23. The fraction of sp³-hybridized carbons (Fsp3) is 0.960. The van der Waals surface area contributed by atoms with Crippen LogP contribution in [0.2, 0.25) is 0 Å². The molecule has 0 spiro atoms. The molecule has 1 aliphatic rings. The molecule has 0 radical (unpaired) electrons. The average molecular weight is 827 g/mol. The molecular weight excluding hydrogens is 802 g/mol. The SMILES string of the molecule is CC1(C)CC(CC(F)(F)C(F)(F)C(F)(F)C(F)(F)C(F)(F)C(F)F)CC(C)(CNC(=O)OCC(F)(F)C(F)(F)C(F)(F)C(F)(F)C(F)(F)C(F)F)C1. The van der Waals surface area contributed by atoms with Crippen LogP contribution < -0.4 is 5.32 Å². The highest BCUT2D eigenvalue weighted by Gasteiger charge is 2.89. The molecule has 1 saturated carbocycles. The summed E-state index contributed by atoms with van der Waals surface area (Å²) in [5.74, 6) is -76.2. The maximum Gasteiger partial charge on any atom is 0.407 e. The molecule has 27 heteroatoms. The normalized spacial score (nSPS) is 22.2. The van der Waals surface area contributed by atoms with Gasteiger partial charge in [-0.15, -0.1) is 0 Å². The Morgan fingerprint density at radius 3 is 1.33 bits per heavy atom. The number of ether oxygens (including phenoxy) is 1. The quantitative estimate of drug-likeness (QED) is 0.157. The molecule has 0 bridgehead atoms. The van der Waals surface area contributed by atoms with E-state index in [1.54, 1.807) is 0 Å². The first-order valence-corrected chi connectivity index (χ1v) is 13.7. The first-order chi connectivity index (χ1) is 22.5. The van der Waals surface area contributed by atoms with Gasteiger partial charge in [-0.1, -0.05) is 20.8 Å². The van der Waals surface area contributed by atoms with Crippen LogP contribution in [0.4, 0.5) is 110 Å². The van der Waals surface area contributed by atoms with Crippen molar-refractivity contribution in [1.82, 2.24) is 5.32 Å². The fourth-order valence-corrected chi connectivity index (χ4v) is 5.75. The molecule has 0 aromatic carbocycles. The number of nitrogens with one attached hydrogen (secondary N) is 1. The first kappa shape index (κ1) is 47.6. The van der Waals surface area contributed by atoms with Gasteiger partial charge in [-0.3, -0.25) is 0 Å². The van der Waals surface area contributed by atoms with Crippen molar-refractivity contribution >= 4 is 6.09 Å². The van der Waals surface area contributed by atoms with Crippen LogP contribution in [0.25, 0.3) is 0 Å². The number of hydrogen-bond donors (Lipinski definition) is 1. The largest absolute Gasteiger partial charge is 0.443 e. The maximum atomic E-state index is 14.6. The summed E-state index contributed by atoms with van der Waals surface area (Å²) >= 11 is 0. The van der Waals surface area contributed by atoms with E-state index in [9.17, 15) is 110 Å². The van der Waals surface area contributed by atoms with E-state index in [1.165, 1.54) is 5.32 Å². The first-order valence-electron chi connectivity index (χ1n) is 13.7. The summed E-state index contributed by atoms with van der Waals surface area (Å²) in [4.78, 5) is 11.9. The predicted octanol–water partition coefficient (Wildman–Crippen LogP) is 10.8. The molecule has 1 aliphatic carbocycles. The number of alkyl halides is 24. The number of alkyl carbamates (subject to hydrolysis) is 1. The molecule has 0 heterocycles. The molecule has 0 aromatic heterocycles. The second-order valence-electron chi connectivity index (χ2n) is 13.3. The van der Waals surface area contributed by atoms with Crippen LogP contribution in [-0.2, 0) is 4.74 Å². The molecular formula is C25H25F24NO2. The molecule has 1 amide bonds. The summed E-state index contributed by atoms with van der Waals surface area (Å²) in [6.45, 7) is -1.23. The second-order valence-corrected chi connectivity index (χ2v) is 13.3. The van der Waals surface area contributed by atoms with Crippen LogP contribution in [0.3, 0.4) is 0 Å². The van der Waals surface area contributed by atoms with Gasteiger partial charge in [-0.25, -0.2) is 22.4 Å². The number of rotatable bonds is 16. The fourth-order valence-electron chi connectivity index (χ4n) is 5.75. The van der Waals surface area contributed by atoms with Crippen molar-refractivity contribution in [2.24, 2.45) is 16.7 Å². The second kappa shape index (κ2) is 13.7. The van der Waals surface area contributed by atoms with Gasteiger partial charge >= 0.3 is 78.2 Å². The zero-order valence-corrected chi connectivity index (χ0v) is 25.9. The van der Waals surface area contributed by atoms with Gasteiger partial charge in [0.1, 0.15) is 0 Å². The minimum absolute atomic E-state index is 0.360. The van der Waals surface area contributed by atoms with Gasteiger partial charge in [-0.2, -0.15) is 87.8 Å². The van der Waals surface area contributed by atoms with E-state index in [2.05, 4.69) is 4.74 Å². The molecule has 2 unspecified atom stereocenters. The van der Waals surface area contributed by atoms with E-state index in [0.29, 0.717) is 0 Å². The Morgan fingerprint density at radius 2 is 0.962 bits per heavy atom. The van der Waals surface area contributed by atoms with Crippen molar-refractivity contribution < 1.29 is 115 Å². The molecule has 3 nitrogen and oxygen atoms in total. The van der Waals surface area contributed by atoms with Crippen molar-refractivity contribution in [3.8, 4) is 0 Å². The Kier molecular flexibility index (Phi) is 12.6. The van der Waals surface area contributed by atoms with Gasteiger partial charge in [0.05, 0.1) is 0 Å². The molecule has 0 aromatic rings. The minimum Gasteiger partial charge on any atom is -0.443 e. The number of carbonyl (C=O) groups is 1. The monoisotopic (exact) mass is 827 g/mol. The minimum atomic E-state index is -7.96. The Hall–Kier alpha value is -2.41. The summed E-state index contributed by atoms with van der Waals surface area (Å²) in [5, 5.41) is 1.44. The lowest BCUT2D eigenvalue weighted by Gasteiger charge is -2.48. The molecule has 310 valence electrons. The lowest BCUT2D eigenvalue weighted by Crippen LogP contribution is -2.69. The van der Waals surface area contributed by atoms with Crippen molar-refractivity contribution in [2.75, 3.05) is 13.2 Å². The molecule has 0 aliphatic heterocycles. The Morgan fingerprint density at radius 1 is 0.596 bits per heavy atom. The highest BCUT2D eigenvalue weighted by molar-refractivity contribution is 5.67. The number of halogens is 24. The molecule has 1 fully saturated rings. The van der Waals surface area contributed by atoms with Crippen molar-refractivity contribution in [2.45, 2.75) is 119 Å². The molecule has 52 heavy (non-hydrogen) atoms. The standard InChI is InChI=1S/C25H25F24NO2/c1-14(2)4-10(6-16(30,31)20(38,39)24(46,47)22(42,43)18(34,35)11(26)27)5-15(3,7-14)8-50-13(51)52-9-17(32,33)21(40,41)25(48,49)23(44,45)19(36,37)12(28)29/h10-12H,4-9H2,1-3H3,(H,50,51). The molecule has 2 atom stereocenters. The van der Waals surface area contributed by atoms with Gasteiger partial charge in [0.25, 0.3) is 0 Å². The number of carbonyl (C=O) groups excluding carboxylic acids is 1. The van der Waals surface area contributed by atoms with Gasteiger partial charge in [0.15, 0.2) is 6.61 Å². The van der Waals surface area contributed by atoms with Crippen molar-refractivity contribution in [3.63, 3.8) is 0 Å². The van der Waals surface area contributed by atoms with E-state index >= 15 is 0 Å². The third-order valence-corrected chi connectivity index (χ3v) is 8.00. The Labute approximate surface area is 275 Å². The smallest absolute Gasteiger partial charge is 0.407 e. The van der Waals surface area contributed by atoms with Crippen LogP contribution >= 0.6 is 0 Å².